The smallest absolute Gasteiger partial charge is 0.134 e. The molecular formula is C10H13BrClNO. The van der Waals surface area contributed by atoms with Crippen molar-refractivity contribution < 1.29 is 5.11 Å². The molecule has 0 fully saturated rings. The Kier molecular flexibility index (Phi) is 3.45. The van der Waals surface area contributed by atoms with Gasteiger partial charge >= 0.3 is 0 Å². The van der Waals surface area contributed by atoms with Crippen LogP contribution >= 0.6 is 27.5 Å². The van der Waals surface area contributed by atoms with Gasteiger partial charge in [0, 0.05) is 16.1 Å². The van der Waals surface area contributed by atoms with Gasteiger partial charge in [-0.15, -0.1) is 0 Å². The summed E-state index contributed by atoms with van der Waals surface area (Å²) >= 11 is 9.17. The van der Waals surface area contributed by atoms with Crippen LogP contribution in [-0.4, -0.2) is 12.2 Å². The SMILES string of the molecule is CNC(C)(C)c1cc(Cl)cc(Br)c1O. The highest BCUT2D eigenvalue weighted by Crippen LogP contribution is 2.37. The zero-order chi connectivity index (χ0) is 10.9. The standard InChI is InChI=1S/C10H13BrClNO/c1-10(2,13-3)7-4-6(12)5-8(11)9(7)14/h4-5,13-14H,1-3H3. The van der Waals surface area contributed by atoms with E-state index in [0.717, 1.165) is 5.56 Å². The quantitative estimate of drug-likeness (QED) is 0.870. The number of rotatable bonds is 2. The lowest BCUT2D eigenvalue weighted by atomic mass is 9.94. The summed E-state index contributed by atoms with van der Waals surface area (Å²) in [5, 5.41) is 13.6. The number of hydrogen-bond acceptors (Lipinski definition) is 2. The lowest BCUT2D eigenvalue weighted by molar-refractivity contribution is 0.399. The molecule has 14 heavy (non-hydrogen) atoms. The second kappa shape index (κ2) is 4.09. The molecule has 1 rings (SSSR count). The van der Waals surface area contributed by atoms with Crippen LogP contribution in [0.5, 0.6) is 5.75 Å². The summed E-state index contributed by atoms with van der Waals surface area (Å²) in [6.07, 6.45) is 0. The fourth-order valence-corrected chi connectivity index (χ4v) is 1.99. The molecule has 0 amide bonds. The van der Waals surface area contributed by atoms with Gasteiger partial charge in [-0.1, -0.05) is 11.6 Å². The van der Waals surface area contributed by atoms with Crippen molar-refractivity contribution in [1.29, 1.82) is 0 Å². The van der Waals surface area contributed by atoms with E-state index >= 15 is 0 Å². The Morgan fingerprint density at radius 1 is 1.43 bits per heavy atom. The van der Waals surface area contributed by atoms with Crippen LogP contribution in [0.2, 0.25) is 5.02 Å². The average Bonchev–Trinajstić information content (AvgIpc) is 2.11. The summed E-state index contributed by atoms with van der Waals surface area (Å²) in [6.45, 7) is 3.95. The molecule has 1 aromatic rings. The lowest BCUT2D eigenvalue weighted by Gasteiger charge is -2.26. The maximum Gasteiger partial charge on any atom is 0.134 e. The monoisotopic (exact) mass is 277 g/mol. The Morgan fingerprint density at radius 2 is 2.00 bits per heavy atom. The minimum Gasteiger partial charge on any atom is -0.506 e. The van der Waals surface area contributed by atoms with Crippen molar-refractivity contribution in [2.24, 2.45) is 0 Å². The van der Waals surface area contributed by atoms with E-state index in [1.54, 1.807) is 12.1 Å². The van der Waals surface area contributed by atoms with Crippen LogP contribution in [0.3, 0.4) is 0 Å². The molecule has 0 aromatic heterocycles. The van der Waals surface area contributed by atoms with Gasteiger partial charge in [0.1, 0.15) is 5.75 Å². The summed E-state index contributed by atoms with van der Waals surface area (Å²) in [6, 6.07) is 3.43. The number of aromatic hydroxyl groups is 1. The van der Waals surface area contributed by atoms with Crippen molar-refractivity contribution in [3.05, 3.63) is 27.2 Å². The van der Waals surface area contributed by atoms with E-state index in [1.165, 1.54) is 0 Å². The van der Waals surface area contributed by atoms with Crippen molar-refractivity contribution in [2.75, 3.05) is 7.05 Å². The maximum absolute atomic E-state index is 9.84. The Bertz CT molecular complexity index is 352. The number of phenols is 1. The van der Waals surface area contributed by atoms with E-state index in [1.807, 2.05) is 20.9 Å². The van der Waals surface area contributed by atoms with Crippen LogP contribution in [0.15, 0.2) is 16.6 Å². The molecule has 0 unspecified atom stereocenters. The molecule has 2 N–H and O–H groups in total. The molecule has 0 aliphatic carbocycles. The van der Waals surface area contributed by atoms with Crippen LogP contribution in [0.1, 0.15) is 19.4 Å². The molecule has 1 aromatic carbocycles. The van der Waals surface area contributed by atoms with Gasteiger partial charge in [0.05, 0.1) is 4.47 Å². The third kappa shape index (κ3) is 2.22. The lowest BCUT2D eigenvalue weighted by Crippen LogP contribution is -2.33. The van der Waals surface area contributed by atoms with E-state index in [9.17, 15) is 5.11 Å². The summed E-state index contributed by atoms with van der Waals surface area (Å²) in [4.78, 5) is 0. The highest BCUT2D eigenvalue weighted by Gasteiger charge is 2.23. The largest absolute Gasteiger partial charge is 0.506 e. The molecule has 2 nitrogen and oxygen atoms in total. The Hall–Kier alpha value is -0.250. The number of nitrogens with one attached hydrogen (secondary N) is 1. The zero-order valence-electron chi connectivity index (χ0n) is 8.36. The first-order valence-corrected chi connectivity index (χ1v) is 5.43. The van der Waals surface area contributed by atoms with E-state index in [4.69, 9.17) is 11.6 Å². The Morgan fingerprint density at radius 3 is 2.50 bits per heavy atom. The highest BCUT2D eigenvalue weighted by atomic mass is 79.9. The number of benzene rings is 1. The fourth-order valence-electron chi connectivity index (χ4n) is 1.18. The Balaban J connectivity index is 3.34. The van der Waals surface area contributed by atoms with Gasteiger partial charge in [-0.25, -0.2) is 0 Å². The molecule has 78 valence electrons. The molecule has 0 radical (unpaired) electrons. The van der Waals surface area contributed by atoms with Crippen molar-refractivity contribution in [3.8, 4) is 5.75 Å². The third-order valence-electron chi connectivity index (χ3n) is 2.33. The van der Waals surface area contributed by atoms with Gasteiger partial charge in [0.15, 0.2) is 0 Å². The van der Waals surface area contributed by atoms with Gasteiger partial charge in [-0.05, 0) is 49.0 Å². The van der Waals surface area contributed by atoms with Gasteiger partial charge in [-0.2, -0.15) is 0 Å². The van der Waals surface area contributed by atoms with Crippen LogP contribution in [-0.2, 0) is 5.54 Å². The second-order valence-electron chi connectivity index (χ2n) is 3.66. The van der Waals surface area contributed by atoms with Crippen LogP contribution in [0.4, 0.5) is 0 Å². The molecule has 4 heteroatoms. The summed E-state index contributed by atoms with van der Waals surface area (Å²) in [7, 11) is 1.84. The van der Waals surface area contributed by atoms with Crippen molar-refractivity contribution in [3.63, 3.8) is 0 Å². The molecule has 0 heterocycles. The van der Waals surface area contributed by atoms with E-state index in [-0.39, 0.29) is 11.3 Å². The minimum atomic E-state index is -0.308. The molecule has 0 spiro atoms. The first kappa shape index (κ1) is 11.8. The van der Waals surface area contributed by atoms with Crippen LogP contribution in [0.25, 0.3) is 0 Å². The third-order valence-corrected chi connectivity index (χ3v) is 3.15. The van der Waals surface area contributed by atoms with Crippen molar-refractivity contribution >= 4 is 27.5 Å². The van der Waals surface area contributed by atoms with Crippen molar-refractivity contribution in [1.82, 2.24) is 5.32 Å². The van der Waals surface area contributed by atoms with Crippen molar-refractivity contribution in [2.45, 2.75) is 19.4 Å². The molecule has 0 saturated carbocycles. The zero-order valence-corrected chi connectivity index (χ0v) is 10.7. The first-order chi connectivity index (χ1) is 6.38. The minimum absolute atomic E-state index is 0.230. The van der Waals surface area contributed by atoms with E-state index in [0.29, 0.717) is 9.50 Å². The molecule has 0 bridgehead atoms. The first-order valence-electron chi connectivity index (χ1n) is 4.26. The normalized spacial score (nSPS) is 11.8. The molecule has 0 aliphatic rings. The topological polar surface area (TPSA) is 32.3 Å². The molecule has 0 atom stereocenters. The summed E-state index contributed by atoms with van der Waals surface area (Å²) in [5.74, 6) is 0.230. The molecule has 0 aliphatic heterocycles. The number of hydrogen-bond donors (Lipinski definition) is 2. The molecule has 0 saturated heterocycles. The second-order valence-corrected chi connectivity index (χ2v) is 4.95. The van der Waals surface area contributed by atoms with Gasteiger partial charge in [0.25, 0.3) is 0 Å². The predicted octanol–water partition coefficient (Wildman–Crippen LogP) is 3.26. The number of halogens is 2. The van der Waals surface area contributed by atoms with Gasteiger partial charge < -0.3 is 10.4 Å². The average molecular weight is 279 g/mol. The van der Waals surface area contributed by atoms with Gasteiger partial charge in [-0.3, -0.25) is 0 Å². The fraction of sp³-hybridized carbons (Fsp3) is 0.400. The Labute approximate surface area is 97.4 Å². The van der Waals surface area contributed by atoms with Gasteiger partial charge in [0.2, 0.25) is 0 Å². The van der Waals surface area contributed by atoms with E-state index in [2.05, 4.69) is 21.2 Å². The highest BCUT2D eigenvalue weighted by molar-refractivity contribution is 9.10. The predicted molar refractivity (Wildman–Crippen MR) is 62.9 cm³/mol. The number of phenolic OH excluding ortho intramolecular Hbond substituents is 1. The summed E-state index contributed by atoms with van der Waals surface area (Å²) in [5.41, 5.74) is 0.469. The summed E-state index contributed by atoms with van der Waals surface area (Å²) < 4.78 is 0.614. The van der Waals surface area contributed by atoms with Crippen LogP contribution in [0, 0.1) is 0 Å². The maximum atomic E-state index is 9.84. The van der Waals surface area contributed by atoms with E-state index < -0.39 is 0 Å². The van der Waals surface area contributed by atoms with Crippen LogP contribution < -0.4 is 5.32 Å². The molecular weight excluding hydrogens is 265 g/mol.